The molecule has 0 heterocycles. The van der Waals surface area contributed by atoms with Gasteiger partial charge in [-0.1, -0.05) is 19.8 Å². The Labute approximate surface area is 110 Å². The van der Waals surface area contributed by atoms with Crippen LogP contribution in [0.2, 0.25) is 0 Å². The Balaban J connectivity index is 0.00000196. The minimum absolute atomic E-state index is 0. The van der Waals surface area contributed by atoms with Gasteiger partial charge in [-0.15, -0.1) is 12.4 Å². The van der Waals surface area contributed by atoms with Crippen molar-refractivity contribution in [1.29, 1.82) is 0 Å². The molecule has 0 amide bonds. The Hall–Kier alpha value is 0.130. The summed E-state index contributed by atoms with van der Waals surface area (Å²) < 4.78 is 14.4. The summed E-state index contributed by atoms with van der Waals surface area (Å²) in [5.41, 5.74) is 6.55. The summed E-state index contributed by atoms with van der Waals surface area (Å²) in [5, 5.41) is 0. The number of hydrogen-bond acceptors (Lipinski definition) is 1. The smallest absolute Gasteiger partial charge is 0.128 e. The molecular weight excluding hydrogens is 327 g/mol. The predicted molar refractivity (Wildman–Crippen MR) is 72.8 cm³/mol. The minimum Gasteiger partial charge on any atom is -0.324 e. The molecule has 4 heteroatoms. The summed E-state index contributed by atoms with van der Waals surface area (Å²) in [6.07, 6.45) is 3.00. The molecule has 0 saturated carbocycles. The van der Waals surface area contributed by atoms with E-state index in [-0.39, 0.29) is 24.3 Å². The number of halogens is 3. The third-order valence-electron chi connectivity index (χ3n) is 2.23. The summed E-state index contributed by atoms with van der Waals surface area (Å²) in [6, 6.07) is 4.91. The van der Waals surface area contributed by atoms with E-state index in [4.69, 9.17) is 5.73 Å². The second-order valence-electron chi connectivity index (χ2n) is 3.41. The molecule has 1 rings (SSSR count). The third kappa shape index (κ3) is 4.66. The number of unbranched alkanes of at least 4 members (excludes halogenated alkanes) is 1. The Morgan fingerprint density at radius 1 is 1.47 bits per heavy atom. The first-order valence-corrected chi connectivity index (χ1v) is 5.93. The van der Waals surface area contributed by atoms with Gasteiger partial charge < -0.3 is 5.73 Å². The Morgan fingerprint density at radius 3 is 2.73 bits per heavy atom. The van der Waals surface area contributed by atoms with Crippen molar-refractivity contribution >= 4 is 35.0 Å². The summed E-state index contributed by atoms with van der Waals surface area (Å²) in [6.45, 7) is 2.11. The van der Waals surface area contributed by atoms with E-state index in [9.17, 15) is 4.39 Å². The molecule has 1 atom stereocenters. The maximum Gasteiger partial charge on any atom is 0.128 e. The van der Waals surface area contributed by atoms with Crippen LogP contribution < -0.4 is 5.73 Å². The van der Waals surface area contributed by atoms with Gasteiger partial charge in [-0.3, -0.25) is 0 Å². The molecule has 2 N–H and O–H groups in total. The van der Waals surface area contributed by atoms with Crippen LogP contribution >= 0.6 is 35.0 Å². The highest BCUT2D eigenvalue weighted by atomic mass is 127. The molecule has 86 valence electrons. The molecule has 1 aromatic carbocycles. The lowest BCUT2D eigenvalue weighted by atomic mass is 10.0. The summed E-state index contributed by atoms with van der Waals surface area (Å²) in [5.74, 6) is -0.186. The van der Waals surface area contributed by atoms with Gasteiger partial charge in [0, 0.05) is 15.2 Å². The van der Waals surface area contributed by atoms with Crippen LogP contribution in [0.15, 0.2) is 18.2 Å². The minimum atomic E-state index is -0.186. The molecule has 1 nitrogen and oxygen atoms in total. The van der Waals surface area contributed by atoms with Crippen LogP contribution in [0.5, 0.6) is 0 Å². The Bertz CT molecular complexity index is 307. The summed E-state index contributed by atoms with van der Waals surface area (Å²) in [7, 11) is 0. The molecule has 1 aromatic rings. The maximum atomic E-state index is 13.4. The van der Waals surface area contributed by atoms with Crippen molar-refractivity contribution in [1.82, 2.24) is 0 Å². The monoisotopic (exact) mass is 343 g/mol. The summed E-state index contributed by atoms with van der Waals surface area (Å²) >= 11 is 2.17. The van der Waals surface area contributed by atoms with Crippen molar-refractivity contribution in [3.8, 4) is 0 Å². The maximum absolute atomic E-state index is 13.4. The highest BCUT2D eigenvalue weighted by Gasteiger charge is 2.10. The molecule has 0 fully saturated rings. The summed E-state index contributed by atoms with van der Waals surface area (Å²) in [4.78, 5) is 0. The topological polar surface area (TPSA) is 26.0 Å². The normalized spacial score (nSPS) is 12.0. The number of nitrogens with two attached hydrogens (primary N) is 1. The van der Waals surface area contributed by atoms with E-state index in [1.54, 1.807) is 6.07 Å². The zero-order chi connectivity index (χ0) is 10.6. The fourth-order valence-corrected chi connectivity index (χ4v) is 1.89. The lowest BCUT2D eigenvalue weighted by molar-refractivity contribution is 0.547. The van der Waals surface area contributed by atoms with Gasteiger partial charge in [-0.2, -0.15) is 0 Å². The molecule has 0 unspecified atom stereocenters. The molecule has 0 aromatic heterocycles. The van der Waals surface area contributed by atoms with E-state index in [1.165, 1.54) is 6.07 Å². The van der Waals surface area contributed by atoms with Crippen molar-refractivity contribution in [2.45, 2.75) is 32.2 Å². The van der Waals surface area contributed by atoms with Crippen LogP contribution in [-0.2, 0) is 0 Å². The Kier molecular flexibility index (Phi) is 7.48. The second-order valence-corrected chi connectivity index (χ2v) is 4.66. The first kappa shape index (κ1) is 15.1. The molecule has 0 spiro atoms. The van der Waals surface area contributed by atoms with Crippen LogP contribution in [-0.4, -0.2) is 0 Å². The second kappa shape index (κ2) is 7.41. The predicted octanol–water partition coefficient (Wildman–Crippen LogP) is 4.04. The van der Waals surface area contributed by atoms with Gasteiger partial charge in [0.2, 0.25) is 0 Å². The molecule has 15 heavy (non-hydrogen) atoms. The number of benzene rings is 1. The van der Waals surface area contributed by atoms with Gasteiger partial charge in [-0.05, 0) is 47.2 Å². The number of hydrogen-bond donors (Lipinski definition) is 1. The largest absolute Gasteiger partial charge is 0.324 e. The van der Waals surface area contributed by atoms with E-state index in [0.29, 0.717) is 5.56 Å². The zero-order valence-corrected chi connectivity index (χ0v) is 11.6. The van der Waals surface area contributed by atoms with Crippen LogP contribution in [0.25, 0.3) is 0 Å². The van der Waals surface area contributed by atoms with E-state index in [2.05, 4.69) is 29.5 Å². The van der Waals surface area contributed by atoms with Crippen molar-refractivity contribution in [2.24, 2.45) is 5.73 Å². The van der Waals surface area contributed by atoms with Crippen molar-refractivity contribution < 1.29 is 4.39 Å². The fraction of sp³-hybridized carbons (Fsp3) is 0.455. The zero-order valence-electron chi connectivity index (χ0n) is 8.67. The highest BCUT2D eigenvalue weighted by molar-refractivity contribution is 14.1. The molecule has 0 bridgehead atoms. The van der Waals surface area contributed by atoms with Gasteiger partial charge in [-0.25, -0.2) is 4.39 Å². The molecule has 0 aliphatic heterocycles. The fourth-order valence-electron chi connectivity index (χ4n) is 1.38. The molecule has 0 saturated heterocycles. The van der Waals surface area contributed by atoms with Gasteiger partial charge in [0.05, 0.1) is 0 Å². The molecule has 0 aliphatic rings. The van der Waals surface area contributed by atoms with E-state index < -0.39 is 0 Å². The average Bonchev–Trinajstić information content (AvgIpc) is 2.18. The van der Waals surface area contributed by atoms with Crippen molar-refractivity contribution in [3.63, 3.8) is 0 Å². The molecule has 0 aliphatic carbocycles. The third-order valence-corrected chi connectivity index (χ3v) is 2.90. The van der Waals surface area contributed by atoms with Crippen molar-refractivity contribution in [2.75, 3.05) is 0 Å². The van der Waals surface area contributed by atoms with Crippen LogP contribution in [0.4, 0.5) is 4.39 Å². The van der Waals surface area contributed by atoms with Crippen molar-refractivity contribution in [3.05, 3.63) is 33.1 Å². The average molecular weight is 344 g/mol. The van der Waals surface area contributed by atoms with Gasteiger partial charge in [0.15, 0.2) is 0 Å². The first-order chi connectivity index (χ1) is 6.65. The highest BCUT2D eigenvalue weighted by Crippen LogP contribution is 2.21. The number of rotatable bonds is 4. The van der Waals surface area contributed by atoms with Crippen LogP contribution in [0.3, 0.4) is 0 Å². The van der Waals surface area contributed by atoms with Gasteiger partial charge in [0.1, 0.15) is 5.82 Å². The van der Waals surface area contributed by atoms with Crippen LogP contribution in [0, 0.1) is 9.39 Å². The van der Waals surface area contributed by atoms with E-state index in [0.717, 1.165) is 22.8 Å². The molecule has 0 radical (unpaired) electrons. The molecular formula is C11H16ClFIN. The lowest BCUT2D eigenvalue weighted by Gasteiger charge is -2.12. The SMILES string of the molecule is CCCC[C@@H](N)c1cc(I)ccc1F.Cl. The quantitative estimate of drug-likeness (QED) is 0.820. The lowest BCUT2D eigenvalue weighted by Crippen LogP contribution is -2.12. The van der Waals surface area contributed by atoms with Gasteiger partial charge in [0.25, 0.3) is 0 Å². The first-order valence-electron chi connectivity index (χ1n) is 4.85. The Morgan fingerprint density at radius 2 is 2.13 bits per heavy atom. The van der Waals surface area contributed by atoms with Gasteiger partial charge >= 0.3 is 0 Å². The van der Waals surface area contributed by atoms with Crippen LogP contribution in [0.1, 0.15) is 37.8 Å². The standard InChI is InChI=1S/C11H15FIN.ClH/c1-2-3-4-11(14)9-7-8(13)5-6-10(9)12;/h5-7,11H,2-4,14H2,1H3;1H/t11-;/m1./s1. The van der Waals surface area contributed by atoms with E-state index >= 15 is 0 Å². The van der Waals surface area contributed by atoms with E-state index in [1.807, 2.05) is 6.07 Å².